The van der Waals surface area contributed by atoms with Crippen LogP contribution in [-0.4, -0.2) is 10.9 Å². The number of halogens is 3. The van der Waals surface area contributed by atoms with Crippen LogP contribution in [-0.2, 0) is 4.79 Å². The van der Waals surface area contributed by atoms with E-state index in [1.54, 1.807) is 18.2 Å². The van der Waals surface area contributed by atoms with Crippen LogP contribution in [0.25, 0.3) is 11.6 Å². The number of carbonyl (C=O) groups excluding carboxylic acids is 1. The molecule has 0 fully saturated rings. The van der Waals surface area contributed by atoms with Crippen LogP contribution < -0.4 is 5.32 Å². The summed E-state index contributed by atoms with van der Waals surface area (Å²) in [5, 5.41) is 2.90. The minimum absolute atomic E-state index is 0.00275. The Labute approximate surface area is 124 Å². The van der Waals surface area contributed by atoms with E-state index in [0.29, 0.717) is 11.4 Å². The fraction of sp³-hybridized carbons (Fsp3) is 0. The number of benzene rings is 1. The van der Waals surface area contributed by atoms with Crippen molar-refractivity contribution < 1.29 is 9.18 Å². The lowest BCUT2D eigenvalue weighted by atomic mass is 10.1. The maximum absolute atomic E-state index is 13.9. The molecule has 0 saturated heterocycles. The van der Waals surface area contributed by atoms with Gasteiger partial charge in [0.25, 0.3) is 5.91 Å². The van der Waals surface area contributed by atoms with Gasteiger partial charge in [-0.25, -0.2) is 9.37 Å². The zero-order chi connectivity index (χ0) is 14.3. The number of nitrogens with zero attached hydrogens (tertiary/aromatic N) is 1. The van der Waals surface area contributed by atoms with Gasteiger partial charge >= 0.3 is 0 Å². The van der Waals surface area contributed by atoms with E-state index in [-0.39, 0.29) is 27.2 Å². The molecule has 1 amide bonds. The van der Waals surface area contributed by atoms with E-state index < -0.39 is 5.82 Å². The molecule has 20 heavy (non-hydrogen) atoms. The highest BCUT2D eigenvalue weighted by Gasteiger charge is 2.26. The Bertz CT molecular complexity index is 759. The monoisotopic (exact) mass is 308 g/mol. The average Bonchev–Trinajstić information content (AvgIpc) is 2.71. The number of pyridine rings is 1. The number of anilines is 1. The Hall–Kier alpha value is -1.91. The van der Waals surface area contributed by atoms with Gasteiger partial charge in [0.2, 0.25) is 0 Å². The van der Waals surface area contributed by atoms with Crippen molar-refractivity contribution in [2.24, 2.45) is 0 Å². The highest BCUT2D eigenvalue weighted by molar-refractivity contribution is 6.35. The molecule has 1 aliphatic rings. The molecular formula is C14H7Cl2FN2O. The van der Waals surface area contributed by atoms with Crippen LogP contribution in [0.1, 0.15) is 11.3 Å². The highest BCUT2D eigenvalue weighted by atomic mass is 35.5. The summed E-state index contributed by atoms with van der Waals surface area (Å²) in [4.78, 5) is 16.0. The Balaban J connectivity index is 2.15. The zero-order valence-corrected chi connectivity index (χ0v) is 11.5. The van der Waals surface area contributed by atoms with Crippen molar-refractivity contribution in [3.05, 3.63) is 57.6 Å². The summed E-state index contributed by atoms with van der Waals surface area (Å²) in [5.74, 6) is -0.931. The summed E-state index contributed by atoms with van der Waals surface area (Å²) in [6, 6.07) is 7.80. The van der Waals surface area contributed by atoms with Gasteiger partial charge in [-0.05, 0) is 24.3 Å². The van der Waals surface area contributed by atoms with Gasteiger partial charge in [0, 0.05) is 5.56 Å². The molecule has 0 spiro atoms. The minimum Gasteiger partial charge on any atom is -0.320 e. The number of rotatable bonds is 1. The summed E-state index contributed by atoms with van der Waals surface area (Å²) < 4.78 is 13.9. The third kappa shape index (κ3) is 2.17. The van der Waals surface area contributed by atoms with Crippen molar-refractivity contribution in [3.63, 3.8) is 0 Å². The van der Waals surface area contributed by atoms with Crippen LogP contribution in [0.4, 0.5) is 10.1 Å². The second-order valence-corrected chi connectivity index (χ2v) is 4.98. The van der Waals surface area contributed by atoms with Crippen LogP contribution >= 0.6 is 23.2 Å². The van der Waals surface area contributed by atoms with Crippen molar-refractivity contribution in [1.82, 2.24) is 4.98 Å². The molecule has 3 rings (SSSR count). The molecular weight excluding hydrogens is 302 g/mol. The summed E-state index contributed by atoms with van der Waals surface area (Å²) in [7, 11) is 0. The van der Waals surface area contributed by atoms with E-state index in [0.717, 1.165) is 0 Å². The summed E-state index contributed by atoms with van der Waals surface area (Å²) in [5.41, 5.74) is 1.43. The first-order chi connectivity index (χ1) is 9.56. The van der Waals surface area contributed by atoms with Crippen LogP contribution in [0.2, 0.25) is 10.2 Å². The Morgan fingerprint density at radius 1 is 1.20 bits per heavy atom. The molecule has 0 radical (unpaired) electrons. The maximum atomic E-state index is 13.9. The Morgan fingerprint density at radius 2 is 2.00 bits per heavy atom. The normalized spacial score (nSPS) is 15.3. The van der Waals surface area contributed by atoms with Crippen LogP contribution in [0, 0.1) is 5.82 Å². The van der Waals surface area contributed by atoms with Crippen LogP contribution in [0.5, 0.6) is 0 Å². The Morgan fingerprint density at radius 3 is 2.80 bits per heavy atom. The number of carbonyl (C=O) groups is 1. The van der Waals surface area contributed by atoms with Gasteiger partial charge in [-0.15, -0.1) is 0 Å². The van der Waals surface area contributed by atoms with Crippen molar-refractivity contribution in [3.8, 4) is 0 Å². The smallest absolute Gasteiger partial charge is 0.258 e. The fourth-order valence-corrected chi connectivity index (χ4v) is 2.29. The van der Waals surface area contributed by atoms with Gasteiger partial charge in [0.05, 0.1) is 16.3 Å². The number of nitrogens with one attached hydrogen (secondary N) is 1. The van der Waals surface area contributed by atoms with E-state index in [1.807, 2.05) is 0 Å². The maximum Gasteiger partial charge on any atom is 0.258 e. The Kier molecular flexibility index (Phi) is 3.20. The highest BCUT2D eigenvalue weighted by Crippen LogP contribution is 2.33. The molecule has 0 saturated carbocycles. The lowest BCUT2D eigenvalue weighted by Gasteiger charge is -2.01. The molecule has 3 nitrogen and oxygen atoms in total. The number of fused-ring (bicyclic) bond motifs is 1. The van der Waals surface area contributed by atoms with Gasteiger partial charge in [-0.2, -0.15) is 0 Å². The summed E-state index contributed by atoms with van der Waals surface area (Å²) in [6.45, 7) is 0. The largest absolute Gasteiger partial charge is 0.320 e. The quantitative estimate of drug-likeness (QED) is 0.638. The molecule has 1 aromatic carbocycles. The van der Waals surface area contributed by atoms with E-state index >= 15 is 0 Å². The van der Waals surface area contributed by atoms with Crippen LogP contribution in [0.15, 0.2) is 30.3 Å². The van der Waals surface area contributed by atoms with Gasteiger partial charge in [0.15, 0.2) is 0 Å². The number of aromatic nitrogens is 1. The first-order valence-corrected chi connectivity index (χ1v) is 6.46. The van der Waals surface area contributed by atoms with Crippen molar-refractivity contribution in [1.29, 1.82) is 0 Å². The SMILES string of the molecule is O=C1Nc2ccc(Cl)nc2C1=Cc1cccc(Cl)c1F. The molecule has 1 aromatic heterocycles. The molecule has 100 valence electrons. The fourth-order valence-electron chi connectivity index (χ4n) is 1.96. The van der Waals surface area contributed by atoms with E-state index in [9.17, 15) is 9.18 Å². The minimum atomic E-state index is -0.579. The van der Waals surface area contributed by atoms with Gasteiger partial charge in [-0.1, -0.05) is 35.3 Å². The first kappa shape index (κ1) is 13.1. The van der Waals surface area contributed by atoms with E-state index in [4.69, 9.17) is 23.2 Å². The topological polar surface area (TPSA) is 42.0 Å². The molecule has 0 aliphatic carbocycles. The standard InChI is InChI=1S/C14H7Cl2FN2O/c15-9-3-1-2-7(12(9)17)6-8-13-10(18-14(8)20)4-5-11(16)19-13/h1-6H,(H,18,20). The third-order valence-corrected chi connectivity index (χ3v) is 3.39. The van der Waals surface area contributed by atoms with Gasteiger partial charge < -0.3 is 5.32 Å². The number of hydrogen-bond donors (Lipinski definition) is 1. The molecule has 1 aliphatic heterocycles. The second kappa shape index (κ2) is 4.89. The zero-order valence-electron chi connectivity index (χ0n) is 9.95. The van der Waals surface area contributed by atoms with Crippen molar-refractivity contribution in [2.75, 3.05) is 5.32 Å². The molecule has 0 unspecified atom stereocenters. The molecule has 0 atom stereocenters. The van der Waals surface area contributed by atoms with Gasteiger partial charge in [-0.3, -0.25) is 4.79 Å². The third-order valence-electron chi connectivity index (χ3n) is 2.89. The summed E-state index contributed by atoms with van der Waals surface area (Å²) in [6.07, 6.45) is 1.41. The second-order valence-electron chi connectivity index (χ2n) is 4.19. The number of amides is 1. The molecule has 2 heterocycles. The predicted octanol–water partition coefficient (Wildman–Crippen LogP) is 4.02. The van der Waals surface area contributed by atoms with E-state index in [1.165, 1.54) is 18.2 Å². The molecule has 2 aromatic rings. The lowest BCUT2D eigenvalue weighted by Crippen LogP contribution is -2.03. The first-order valence-electron chi connectivity index (χ1n) is 5.70. The average molecular weight is 309 g/mol. The predicted molar refractivity (Wildman–Crippen MR) is 77.2 cm³/mol. The van der Waals surface area contributed by atoms with Gasteiger partial charge in [0.1, 0.15) is 16.7 Å². The van der Waals surface area contributed by atoms with Crippen molar-refractivity contribution in [2.45, 2.75) is 0 Å². The van der Waals surface area contributed by atoms with Crippen LogP contribution in [0.3, 0.4) is 0 Å². The number of hydrogen-bond acceptors (Lipinski definition) is 2. The molecule has 0 bridgehead atoms. The molecule has 1 N–H and O–H groups in total. The summed E-state index contributed by atoms with van der Waals surface area (Å²) >= 11 is 11.5. The van der Waals surface area contributed by atoms with Crippen molar-refractivity contribution >= 4 is 46.4 Å². The van der Waals surface area contributed by atoms with E-state index in [2.05, 4.69) is 10.3 Å². The lowest BCUT2D eigenvalue weighted by molar-refractivity contribution is -0.110. The molecule has 6 heteroatoms.